The molecule has 1 rings (SSSR count). The van der Waals surface area contributed by atoms with Gasteiger partial charge in [-0.1, -0.05) is 20.4 Å². The molecule has 0 aliphatic carbocycles. The molecule has 0 aromatic heterocycles. The summed E-state index contributed by atoms with van der Waals surface area (Å²) in [6, 6.07) is 0.510. The van der Waals surface area contributed by atoms with Crippen molar-refractivity contribution in [1.82, 2.24) is 10.2 Å². The molecule has 1 saturated heterocycles. The molecule has 0 amide bonds. The van der Waals surface area contributed by atoms with Crippen LogP contribution in [0, 0.1) is 0 Å². The van der Waals surface area contributed by atoms with E-state index in [0.29, 0.717) is 6.04 Å². The summed E-state index contributed by atoms with van der Waals surface area (Å²) in [5.74, 6) is 1.65. The van der Waals surface area contributed by atoms with E-state index in [-0.39, 0.29) is 0 Å². The molecule has 15 heavy (non-hydrogen) atoms. The molecule has 0 radical (unpaired) electrons. The summed E-state index contributed by atoms with van der Waals surface area (Å²) >= 11 is 0. The molecule has 0 aromatic rings. The van der Waals surface area contributed by atoms with Gasteiger partial charge in [-0.2, -0.15) is 0 Å². The molecule has 3 nitrogen and oxygen atoms in total. The molecule has 1 N–H and O–H groups in total. The van der Waals surface area contributed by atoms with Gasteiger partial charge in [-0.25, -0.2) is 0 Å². The van der Waals surface area contributed by atoms with Crippen molar-refractivity contribution in [2.45, 2.75) is 19.9 Å². The number of hydrogen-bond acceptors (Lipinski definition) is 3. The summed E-state index contributed by atoms with van der Waals surface area (Å²) in [6.45, 7) is 12.1. The summed E-state index contributed by atoms with van der Waals surface area (Å²) in [6.07, 6.45) is 0. The summed E-state index contributed by atoms with van der Waals surface area (Å²) in [7, 11) is -0.574. The highest BCUT2D eigenvalue weighted by molar-refractivity contribution is 7.85. The van der Waals surface area contributed by atoms with Crippen LogP contribution in [0.5, 0.6) is 0 Å². The average molecular weight is 230 g/mol. The van der Waals surface area contributed by atoms with Gasteiger partial charge in [0.2, 0.25) is 0 Å². The minimum Gasteiger partial charge on any atom is -0.311 e. The Morgan fingerprint density at radius 1 is 1.47 bits per heavy atom. The summed E-state index contributed by atoms with van der Waals surface area (Å²) < 4.78 is 11.2. The third-order valence-electron chi connectivity index (χ3n) is 2.48. The predicted molar refractivity (Wildman–Crippen MR) is 66.6 cm³/mol. The molecule has 1 fully saturated rings. The lowest BCUT2D eigenvalue weighted by atomic mass is 10.2. The highest BCUT2D eigenvalue weighted by Gasteiger charge is 2.15. The Bertz CT molecular complexity index is 231. The van der Waals surface area contributed by atoms with Crippen molar-refractivity contribution in [3.8, 4) is 0 Å². The maximum Gasteiger partial charge on any atom is 0.0363 e. The van der Waals surface area contributed by atoms with E-state index in [1.807, 2.05) is 0 Å². The molecule has 4 heteroatoms. The van der Waals surface area contributed by atoms with E-state index in [9.17, 15) is 4.21 Å². The van der Waals surface area contributed by atoms with Crippen LogP contribution in [-0.4, -0.2) is 52.8 Å². The van der Waals surface area contributed by atoms with Crippen LogP contribution in [0.1, 0.15) is 13.8 Å². The third kappa shape index (κ3) is 5.44. The van der Waals surface area contributed by atoms with E-state index in [4.69, 9.17) is 0 Å². The van der Waals surface area contributed by atoms with Gasteiger partial charge in [0, 0.05) is 54.5 Å². The summed E-state index contributed by atoms with van der Waals surface area (Å²) in [5.41, 5.74) is 1.22. The van der Waals surface area contributed by atoms with E-state index in [1.54, 1.807) is 0 Å². The Morgan fingerprint density at radius 2 is 2.07 bits per heavy atom. The van der Waals surface area contributed by atoms with E-state index in [2.05, 4.69) is 30.6 Å². The largest absolute Gasteiger partial charge is 0.311 e. The Labute approximate surface area is 95.4 Å². The van der Waals surface area contributed by atoms with Crippen molar-refractivity contribution in [2.75, 3.05) is 37.7 Å². The first-order valence-corrected chi connectivity index (χ1v) is 7.04. The minimum absolute atomic E-state index is 0.510. The number of nitrogens with zero attached hydrogens (tertiary/aromatic N) is 1. The van der Waals surface area contributed by atoms with E-state index >= 15 is 0 Å². The Hall–Kier alpha value is -0.190. The fourth-order valence-corrected chi connectivity index (χ4v) is 2.68. The first-order valence-electron chi connectivity index (χ1n) is 5.55. The summed E-state index contributed by atoms with van der Waals surface area (Å²) in [5, 5.41) is 3.36. The fourth-order valence-electron chi connectivity index (χ4n) is 1.55. The zero-order valence-electron chi connectivity index (χ0n) is 9.79. The van der Waals surface area contributed by atoms with Crippen molar-refractivity contribution in [1.29, 1.82) is 0 Å². The Kier molecular flexibility index (Phi) is 5.50. The molecule has 0 spiro atoms. The quantitative estimate of drug-likeness (QED) is 0.702. The number of hydrogen-bond donors (Lipinski definition) is 1. The van der Waals surface area contributed by atoms with E-state index < -0.39 is 10.8 Å². The fraction of sp³-hybridized carbons (Fsp3) is 0.818. The van der Waals surface area contributed by atoms with Gasteiger partial charge in [-0.3, -0.25) is 9.11 Å². The molecule has 0 aromatic carbocycles. The van der Waals surface area contributed by atoms with Gasteiger partial charge in [0.25, 0.3) is 0 Å². The smallest absolute Gasteiger partial charge is 0.0363 e. The van der Waals surface area contributed by atoms with Crippen LogP contribution in [0.2, 0.25) is 0 Å². The van der Waals surface area contributed by atoms with Crippen LogP contribution in [0.4, 0.5) is 0 Å². The maximum absolute atomic E-state index is 11.2. The van der Waals surface area contributed by atoms with Crippen molar-refractivity contribution >= 4 is 10.8 Å². The van der Waals surface area contributed by atoms with Crippen LogP contribution in [0.3, 0.4) is 0 Å². The molecule has 0 unspecified atom stereocenters. The van der Waals surface area contributed by atoms with Gasteiger partial charge in [0.05, 0.1) is 0 Å². The molecule has 1 aliphatic rings. The average Bonchev–Trinajstić information content (AvgIpc) is 2.19. The van der Waals surface area contributed by atoms with Crippen LogP contribution >= 0.6 is 0 Å². The molecular formula is C11H22N2OS. The molecule has 0 atom stereocenters. The highest BCUT2D eigenvalue weighted by Crippen LogP contribution is 2.02. The Morgan fingerprint density at radius 3 is 2.60 bits per heavy atom. The Balaban J connectivity index is 2.17. The molecule has 88 valence electrons. The normalized spacial score (nSPS) is 19.7. The van der Waals surface area contributed by atoms with Gasteiger partial charge in [0.1, 0.15) is 0 Å². The molecule has 0 bridgehead atoms. The second-order valence-electron chi connectivity index (χ2n) is 4.41. The zero-order valence-corrected chi connectivity index (χ0v) is 10.6. The third-order valence-corrected chi connectivity index (χ3v) is 3.75. The van der Waals surface area contributed by atoms with Crippen LogP contribution in [0.25, 0.3) is 0 Å². The number of nitrogens with one attached hydrogen (secondary N) is 1. The van der Waals surface area contributed by atoms with Crippen molar-refractivity contribution in [2.24, 2.45) is 0 Å². The minimum atomic E-state index is -0.574. The predicted octanol–water partition coefficient (Wildman–Crippen LogP) is 0.605. The van der Waals surface area contributed by atoms with Gasteiger partial charge in [0.15, 0.2) is 0 Å². The van der Waals surface area contributed by atoms with Crippen molar-refractivity contribution in [3.05, 3.63) is 12.2 Å². The SMILES string of the molecule is C=C(CNC(C)C)CN1CCS(=O)CC1. The van der Waals surface area contributed by atoms with Crippen molar-refractivity contribution in [3.63, 3.8) is 0 Å². The second kappa shape index (κ2) is 6.40. The molecule has 1 aliphatic heterocycles. The first kappa shape index (κ1) is 12.9. The van der Waals surface area contributed by atoms with E-state index in [1.165, 1.54) is 5.57 Å². The second-order valence-corrected chi connectivity index (χ2v) is 6.11. The molecular weight excluding hydrogens is 208 g/mol. The molecule has 0 saturated carbocycles. The van der Waals surface area contributed by atoms with Crippen LogP contribution < -0.4 is 5.32 Å². The monoisotopic (exact) mass is 230 g/mol. The van der Waals surface area contributed by atoms with Gasteiger partial charge >= 0.3 is 0 Å². The van der Waals surface area contributed by atoms with E-state index in [0.717, 1.165) is 37.7 Å². The highest BCUT2D eigenvalue weighted by atomic mass is 32.2. The maximum atomic E-state index is 11.2. The van der Waals surface area contributed by atoms with Crippen LogP contribution in [0.15, 0.2) is 12.2 Å². The summed E-state index contributed by atoms with van der Waals surface area (Å²) in [4.78, 5) is 2.34. The lowest BCUT2D eigenvalue weighted by molar-refractivity contribution is 0.321. The first-order chi connectivity index (χ1) is 7.08. The number of rotatable bonds is 5. The van der Waals surface area contributed by atoms with Crippen molar-refractivity contribution < 1.29 is 4.21 Å². The zero-order chi connectivity index (χ0) is 11.3. The standard InChI is InChI=1S/C11H22N2OS/c1-10(2)12-8-11(3)9-13-4-6-15(14)7-5-13/h10,12H,3-9H2,1-2H3. The topological polar surface area (TPSA) is 32.3 Å². The van der Waals surface area contributed by atoms with Gasteiger partial charge < -0.3 is 5.32 Å². The van der Waals surface area contributed by atoms with Crippen LogP contribution in [-0.2, 0) is 10.8 Å². The molecule has 1 heterocycles. The van der Waals surface area contributed by atoms with Gasteiger partial charge in [-0.05, 0) is 5.57 Å². The lowest BCUT2D eigenvalue weighted by Crippen LogP contribution is -2.40. The lowest BCUT2D eigenvalue weighted by Gasteiger charge is -2.27. The van der Waals surface area contributed by atoms with Gasteiger partial charge in [-0.15, -0.1) is 0 Å².